The van der Waals surface area contributed by atoms with Crippen LogP contribution in [0.2, 0.25) is 0 Å². The van der Waals surface area contributed by atoms with Crippen LogP contribution in [-0.2, 0) is 4.74 Å². The zero-order valence-corrected chi connectivity index (χ0v) is 6.66. The lowest BCUT2D eigenvalue weighted by atomic mass is 10.1. The fourth-order valence-corrected chi connectivity index (χ4v) is 0.836. The van der Waals surface area contributed by atoms with Crippen molar-refractivity contribution in [1.29, 1.82) is 0 Å². The molecule has 1 rings (SSSR count). The van der Waals surface area contributed by atoms with Gasteiger partial charge >= 0.3 is 0 Å². The van der Waals surface area contributed by atoms with Gasteiger partial charge in [0.1, 0.15) is 5.76 Å². The molecule has 0 aliphatic carbocycles. The zero-order chi connectivity index (χ0) is 7.56. The maximum atomic E-state index is 5.18. The van der Waals surface area contributed by atoms with Crippen LogP contribution in [0, 0.1) is 5.92 Å². The molecule has 0 aromatic carbocycles. The third kappa shape index (κ3) is 1.59. The summed E-state index contributed by atoms with van der Waals surface area (Å²) in [6, 6.07) is 0.283. The van der Waals surface area contributed by atoms with E-state index in [1.807, 2.05) is 13.0 Å². The van der Waals surface area contributed by atoms with Gasteiger partial charge in [-0.3, -0.25) is 4.99 Å². The lowest BCUT2D eigenvalue weighted by Crippen LogP contribution is -2.08. The summed E-state index contributed by atoms with van der Waals surface area (Å²) in [7, 11) is 0. The number of rotatable bonds is 1. The third-order valence-electron chi connectivity index (χ3n) is 1.46. The van der Waals surface area contributed by atoms with E-state index in [0.29, 0.717) is 5.92 Å². The van der Waals surface area contributed by atoms with Crippen LogP contribution in [-0.4, -0.2) is 12.4 Å². The monoisotopic (exact) mass is 139 g/mol. The predicted octanol–water partition coefficient (Wildman–Crippen LogP) is 1.97. The summed E-state index contributed by atoms with van der Waals surface area (Å²) >= 11 is 0. The molecule has 0 bridgehead atoms. The molecule has 0 aromatic rings. The van der Waals surface area contributed by atoms with E-state index in [0.717, 1.165) is 5.76 Å². The second-order valence-corrected chi connectivity index (χ2v) is 2.84. The summed E-state index contributed by atoms with van der Waals surface area (Å²) in [5.74, 6) is 1.50. The molecule has 1 aliphatic heterocycles. The number of hydrogen-bond donors (Lipinski definition) is 0. The quantitative estimate of drug-likeness (QED) is 0.544. The van der Waals surface area contributed by atoms with E-state index in [1.165, 1.54) is 6.40 Å². The highest BCUT2D eigenvalue weighted by molar-refractivity contribution is 5.51. The first-order valence-corrected chi connectivity index (χ1v) is 3.60. The Kier molecular flexibility index (Phi) is 2.10. The SMILES string of the molecule is CC1C=C(C(C)C)OC=N1. The maximum absolute atomic E-state index is 5.18. The number of aliphatic imine (C=N–C) groups is 1. The second kappa shape index (κ2) is 2.86. The fourth-order valence-electron chi connectivity index (χ4n) is 0.836. The maximum Gasteiger partial charge on any atom is 0.176 e. The highest BCUT2D eigenvalue weighted by Crippen LogP contribution is 2.14. The highest BCUT2D eigenvalue weighted by atomic mass is 16.5. The van der Waals surface area contributed by atoms with E-state index < -0.39 is 0 Å². The molecule has 0 aromatic heterocycles. The molecule has 0 fully saturated rings. The van der Waals surface area contributed by atoms with Crippen LogP contribution in [0.1, 0.15) is 20.8 Å². The summed E-state index contributed by atoms with van der Waals surface area (Å²) in [6.45, 7) is 6.26. The molecule has 0 N–H and O–H groups in total. The van der Waals surface area contributed by atoms with Crippen LogP contribution in [0.5, 0.6) is 0 Å². The van der Waals surface area contributed by atoms with Crippen molar-refractivity contribution in [3.05, 3.63) is 11.8 Å². The van der Waals surface area contributed by atoms with E-state index in [9.17, 15) is 0 Å². The summed E-state index contributed by atoms with van der Waals surface area (Å²) in [6.07, 6.45) is 3.57. The van der Waals surface area contributed by atoms with Gasteiger partial charge in [0.05, 0.1) is 6.04 Å². The van der Waals surface area contributed by atoms with Crippen LogP contribution >= 0.6 is 0 Å². The topological polar surface area (TPSA) is 21.6 Å². The molecule has 2 nitrogen and oxygen atoms in total. The minimum atomic E-state index is 0.283. The van der Waals surface area contributed by atoms with Crippen LogP contribution in [0.4, 0.5) is 0 Å². The standard InChI is InChI=1S/C8H13NO/c1-6(2)8-4-7(3)9-5-10-8/h4-7H,1-3H3. The van der Waals surface area contributed by atoms with Gasteiger partial charge in [-0.25, -0.2) is 0 Å². The summed E-state index contributed by atoms with van der Waals surface area (Å²) in [5.41, 5.74) is 0. The van der Waals surface area contributed by atoms with Crippen molar-refractivity contribution in [2.75, 3.05) is 0 Å². The van der Waals surface area contributed by atoms with Crippen molar-refractivity contribution >= 4 is 6.40 Å². The zero-order valence-electron chi connectivity index (χ0n) is 6.66. The average molecular weight is 139 g/mol. The normalized spacial score (nSPS) is 24.4. The molecule has 1 unspecified atom stereocenters. The lowest BCUT2D eigenvalue weighted by Gasteiger charge is -2.15. The largest absolute Gasteiger partial charge is 0.450 e. The van der Waals surface area contributed by atoms with Gasteiger partial charge in [-0.05, 0) is 13.0 Å². The van der Waals surface area contributed by atoms with E-state index in [2.05, 4.69) is 18.8 Å². The molecule has 0 saturated carbocycles. The van der Waals surface area contributed by atoms with Gasteiger partial charge in [0, 0.05) is 5.92 Å². The molecule has 1 atom stereocenters. The van der Waals surface area contributed by atoms with E-state index >= 15 is 0 Å². The smallest absolute Gasteiger partial charge is 0.176 e. The van der Waals surface area contributed by atoms with Crippen molar-refractivity contribution in [2.45, 2.75) is 26.8 Å². The Bertz CT molecular complexity index is 170. The first-order chi connectivity index (χ1) is 4.70. The van der Waals surface area contributed by atoms with Crippen LogP contribution in [0.15, 0.2) is 16.8 Å². The number of allylic oxidation sites excluding steroid dienone is 1. The van der Waals surface area contributed by atoms with Crippen molar-refractivity contribution in [3.8, 4) is 0 Å². The third-order valence-corrected chi connectivity index (χ3v) is 1.46. The Balaban J connectivity index is 2.62. The van der Waals surface area contributed by atoms with Gasteiger partial charge < -0.3 is 4.74 Å². The van der Waals surface area contributed by atoms with Crippen LogP contribution in [0.3, 0.4) is 0 Å². The molecular formula is C8H13NO. The van der Waals surface area contributed by atoms with Crippen molar-refractivity contribution in [3.63, 3.8) is 0 Å². The molecule has 10 heavy (non-hydrogen) atoms. The first kappa shape index (κ1) is 7.32. The molecule has 0 radical (unpaired) electrons. The van der Waals surface area contributed by atoms with Crippen molar-refractivity contribution < 1.29 is 4.74 Å². The average Bonchev–Trinajstić information content (AvgIpc) is 1.88. The molecule has 2 heteroatoms. The summed E-state index contributed by atoms with van der Waals surface area (Å²) in [5, 5.41) is 0. The van der Waals surface area contributed by atoms with E-state index in [-0.39, 0.29) is 6.04 Å². The molecule has 56 valence electrons. The Morgan fingerprint density at radius 3 is 2.70 bits per heavy atom. The molecule has 0 spiro atoms. The van der Waals surface area contributed by atoms with Crippen molar-refractivity contribution in [1.82, 2.24) is 0 Å². The lowest BCUT2D eigenvalue weighted by molar-refractivity contribution is 0.357. The molecule has 0 amide bonds. The second-order valence-electron chi connectivity index (χ2n) is 2.84. The van der Waals surface area contributed by atoms with E-state index in [4.69, 9.17) is 4.74 Å². The fraction of sp³-hybridized carbons (Fsp3) is 0.625. The van der Waals surface area contributed by atoms with Gasteiger partial charge in [-0.1, -0.05) is 13.8 Å². The molecule has 1 heterocycles. The molecule has 1 aliphatic rings. The summed E-state index contributed by atoms with van der Waals surface area (Å²) < 4.78 is 5.18. The summed E-state index contributed by atoms with van der Waals surface area (Å²) in [4.78, 5) is 4.04. The predicted molar refractivity (Wildman–Crippen MR) is 42.0 cm³/mol. The highest BCUT2D eigenvalue weighted by Gasteiger charge is 2.08. The van der Waals surface area contributed by atoms with Crippen LogP contribution in [0.25, 0.3) is 0 Å². The van der Waals surface area contributed by atoms with Gasteiger partial charge in [0.25, 0.3) is 0 Å². The molecular weight excluding hydrogens is 126 g/mol. The van der Waals surface area contributed by atoms with Gasteiger partial charge in [-0.2, -0.15) is 0 Å². The van der Waals surface area contributed by atoms with Gasteiger partial charge in [0.2, 0.25) is 0 Å². The molecule has 0 saturated heterocycles. The number of hydrogen-bond acceptors (Lipinski definition) is 2. The number of ether oxygens (including phenoxy) is 1. The Hall–Kier alpha value is -0.790. The van der Waals surface area contributed by atoms with Gasteiger partial charge in [-0.15, -0.1) is 0 Å². The van der Waals surface area contributed by atoms with E-state index in [1.54, 1.807) is 0 Å². The Morgan fingerprint density at radius 1 is 1.60 bits per heavy atom. The minimum Gasteiger partial charge on any atom is -0.450 e. The van der Waals surface area contributed by atoms with Crippen LogP contribution < -0.4 is 0 Å². The Labute approximate surface area is 61.6 Å². The Morgan fingerprint density at radius 2 is 2.30 bits per heavy atom. The minimum absolute atomic E-state index is 0.283. The van der Waals surface area contributed by atoms with Gasteiger partial charge in [0.15, 0.2) is 6.40 Å². The number of nitrogens with zero attached hydrogens (tertiary/aromatic N) is 1. The first-order valence-electron chi connectivity index (χ1n) is 3.60. The van der Waals surface area contributed by atoms with Crippen molar-refractivity contribution in [2.24, 2.45) is 10.9 Å².